The quantitative estimate of drug-likeness (QED) is 0.785. The van der Waals surface area contributed by atoms with Crippen molar-refractivity contribution >= 4 is 5.91 Å². The highest BCUT2D eigenvalue weighted by Gasteiger charge is 2.06. The maximum absolute atomic E-state index is 12.1. The molecular formula is C20H25NO3. The Kier molecular flexibility index (Phi) is 6.24. The number of aryl methyl sites for hydroxylation is 2. The molecule has 4 heteroatoms. The van der Waals surface area contributed by atoms with Crippen molar-refractivity contribution in [1.82, 2.24) is 5.32 Å². The molecule has 0 fully saturated rings. The molecule has 0 unspecified atom stereocenters. The van der Waals surface area contributed by atoms with Crippen LogP contribution in [0, 0.1) is 13.8 Å². The van der Waals surface area contributed by atoms with Gasteiger partial charge in [-0.2, -0.15) is 0 Å². The third kappa shape index (κ3) is 5.30. The minimum atomic E-state index is -0.115. The highest BCUT2D eigenvalue weighted by Crippen LogP contribution is 2.18. The summed E-state index contributed by atoms with van der Waals surface area (Å²) in [5, 5.41) is 2.86. The van der Waals surface area contributed by atoms with Crippen molar-refractivity contribution in [2.75, 3.05) is 13.2 Å². The molecular weight excluding hydrogens is 302 g/mol. The highest BCUT2D eigenvalue weighted by atomic mass is 16.5. The molecule has 0 spiro atoms. The van der Waals surface area contributed by atoms with Crippen molar-refractivity contribution in [3.63, 3.8) is 0 Å². The first kappa shape index (κ1) is 17.9. The molecule has 0 saturated heterocycles. The Hall–Kier alpha value is -2.49. The molecule has 0 heterocycles. The maximum Gasteiger partial charge on any atom is 0.251 e. The summed E-state index contributed by atoms with van der Waals surface area (Å²) in [6, 6.07) is 13.2. The fourth-order valence-corrected chi connectivity index (χ4v) is 2.35. The van der Waals surface area contributed by atoms with Crippen LogP contribution in [0.1, 0.15) is 35.3 Å². The Morgan fingerprint density at radius 2 is 1.79 bits per heavy atom. The SMILES string of the molecule is Cc1ccc(OCCNC(=O)c2ccc(OC(C)C)cc2)c(C)c1. The van der Waals surface area contributed by atoms with E-state index in [1.54, 1.807) is 24.3 Å². The van der Waals surface area contributed by atoms with E-state index in [0.29, 0.717) is 18.7 Å². The van der Waals surface area contributed by atoms with Crippen LogP contribution in [0.15, 0.2) is 42.5 Å². The first-order valence-electron chi connectivity index (χ1n) is 8.20. The lowest BCUT2D eigenvalue weighted by Crippen LogP contribution is -2.28. The topological polar surface area (TPSA) is 47.6 Å². The second-order valence-electron chi connectivity index (χ2n) is 6.06. The molecule has 24 heavy (non-hydrogen) atoms. The molecule has 0 saturated carbocycles. The standard InChI is InChI=1S/C20H25NO3/c1-14(2)24-18-8-6-17(7-9-18)20(22)21-11-12-23-19-10-5-15(3)13-16(19)4/h5-10,13-14H,11-12H2,1-4H3,(H,21,22). The van der Waals surface area contributed by atoms with Gasteiger partial charge in [0.05, 0.1) is 12.6 Å². The van der Waals surface area contributed by atoms with Gasteiger partial charge in [0.2, 0.25) is 0 Å². The Morgan fingerprint density at radius 3 is 2.42 bits per heavy atom. The third-order valence-corrected chi connectivity index (χ3v) is 3.46. The molecule has 2 aromatic rings. The number of nitrogens with one attached hydrogen (secondary N) is 1. The monoisotopic (exact) mass is 327 g/mol. The number of amides is 1. The molecule has 0 bridgehead atoms. The lowest BCUT2D eigenvalue weighted by molar-refractivity contribution is 0.0947. The van der Waals surface area contributed by atoms with E-state index in [1.165, 1.54) is 5.56 Å². The van der Waals surface area contributed by atoms with Crippen molar-refractivity contribution < 1.29 is 14.3 Å². The van der Waals surface area contributed by atoms with E-state index in [4.69, 9.17) is 9.47 Å². The normalized spacial score (nSPS) is 10.5. The van der Waals surface area contributed by atoms with E-state index in [0.717, 1.165) is 17.1 Å². The van der Waals surface area contributed by atoms with Crippen molar-refractivity contribution in [3.8, 4) is 11.5 Å². The molecule has 0 aromatic heterocycles. The van der Waals surface area contributed by atoms with Crippen LogP contribution in [-0.2, 0) is 0 Å². The Balaban J connectivity index is 1.78. The number of carbonyl (C=O) groups is 1. The molecule has 1 amide bonds. The number of hydrogen-bond donors (Lipinski definition) is 1. The number of carbonyl (C=O) groups excluding carboxylic acids is 1. The minimum absolute atomic E-state index is 0.115. The molecule has 0 aliphatic rings. The molecule has 4 nitrogen and oxygen atoms in total. The van der Waals surface area contributed by atoms with Crippen molar-refractivity contribution in [2.45, 2.75) is 33.8 Å². The summed E-state index contributed by atoms with van der Waals surface area (Å²) in [4.78, 5) is 12.1. The largest absolute Gasteiger partial charge is 0.491 e. The summed E-state index contributed by atoms with van der Waals surface area (Å²) in [6.07, 6.45) is 0.118. The zero-order valence-electron chi connectivity index (χ0n) is 14.8. The van der Waals surface area contributed by atoms with E-state index in [-0.39, 0.29) is 12.0 Å². The van der Waals surface area contributed by atoms with Crippen LogP contribution < -0.4 is 14.8 Å². The van der Waals surface area contributed by atoms with E-state index in [2.05, 4.69) is 18.3 Å². The second-order valence-corrected chi connectivity index (χ2v) is 6.06. The Bertz CT molecular complexity index is 678. The molecule has 0 radical (unpaired) electrons. The smallest absolute Gasteiger partial charge is 0.251 e. The molecule has 0 aliphatic carbocycles. The first-order valence-corrected chi connectivity index (χ1v) is 8.20. The number of ether oxygens (including phenoxy) is 2. The van der Waals surface area contributed by atoms with Gasteiger partial charge in [-0.3, -0.25) is 4.79 Å². The summed E-state index contributed by atoms with van der Waals surface area (Å²) in [5.74, 6) is 1.50. The van der Waals surface area contributed by atoms with Crippen LogP contribution >= 0.6 is 0 Å². The van der Waals surface area contributed by atoms with Crippen LogP contribution in [0.4, 0.5) is 0 Å². The number of hydrogen-bond acceptors (Lipinski definition) is 3. The van der Waals surface area contributed by atoms with E-state index < -0.39 is 0 Å². The zero-order chi connectivity index (χ0) is 17.5. The fraction of sp³-hybridized carbons (Fsp3) is 0.350. The molecule has 128 valence electrons. The van der Waals surface area contributed by atoms with E-state index in [1.807, 2.05) is 32.9 Å². The van der Waals surface area contributed by atoms with Gasteiger partial charge in [-0.1, -0.05) is 17.7 Å². The summed E-state index contributed by atoms with van der Waals surface area (Å²) >= 11 is 0. The van der Waals surface area contributed by atoms with Crippen LogP contribution in [0.5, 0.6) is 11.5 Å². The van der Waals surface area contributed by atoms with Gasteiger partial charge >= 0.3 is 0 Å². The first-order chi connectivity index (χ1) is 11.5. The average Bonchev–Trinajstić information content (AvgIpc) is 2.53. The van der Waals surface area contributed by atoms with Crippen molar-refractivity contribution in [1.29, 1.82) is 0 Å². The van der Waals surface area contributed by atoms with Crippen LogP contribution in [0.2, 0.25) is 0 Å². The lowest BCUT2D eigenvalue weighted by Gasteiger charge is -2.11. The van der Waals surface area contributed by atoms with Crippen molar-refractivity contribution in [3.05, 3.63) is 59.2 Å². The fourth-order valence-electron chi connectivity index (χ4n) is 2.35. The highest BCUT2D eigenvalue weighted by molar-refractivity contribution is 5.94. The zero-order valence-corrected chi connectivity index (χ0v) is 14.8. The predicted molar refractivity (Wildman–Crippen MR) is 96.0 cm³/mol. The van der Waals surface area contributed by atoms with Gasteiger partial charge < -0.3 is 14.8 Å². The number of rotatable bonds is 7. The molecule has 0 aliphatic heterocycles. The lowest BCUT2D eigenvalue weighted by atomic mass is 10.1. The van der Waals surface area contributed by atoms with Gasteiger partial charge in [0, 0.05) is 5.56 Å². The summed E-state index contributed by atoms with van der Waals surface area (Å²) in [6.45, 7) is 8.89. The Labute approximate surface area is 143 Å². The molecule has 1 N–H and O–H groups in total. The van der Waals surface area contributed by atoms with E-state index in [9.17, 15) is 4.79 Å². The van der Waals surface area contributed by atoms with Gasteiger partial charge in [0.25, 0.3) is 5.91 Å². The van der Waals surface area contributed by atoms with Crippen molar-refractivity contribution in [2.24, 2.45) is 0 Å². The summed E-state index contributed by atoms with van der Waals surface area (Å²) < 4.78 is 11.3. The Morgan fingerprint density at radius 1 is 1.08 bits per heavy atom. The van der Waals surface area contributed by atoms with Gasteiger partial charge in [-0.25, -0.2) is 0 Å². The molecule has 0 atom stereocenters. The minimum Gasteiger partial charge on any atom is -0.491 e. The van der Waals surface area contributed by atoms with E-state index >= 15 is 0 Å². The van der Waals surface area contributed by atoms with Crippen LogP contribution in [0.3, 0.4) is 0 Å². The predicted octanol–water partition coefficient (Wildman–Crippen LogP) is 3.90. The van der Waals surface area contributed by atoms with Gasteiger partial charge in [0.15, 0.2) is 0 Å². The summed E-state index contributed by atoms with van der Waals surface area (Å²) in [7, 11) is 0. The number of benzene rings is 2. The average molecular weight is 327 g/mol. The van der Waals surface area contributed by atoms with Crippen LogP contribution in [-0.4, -0.2) is 25.2 Å². The van der Waals surface area contributed by atoms with Crippen LogP contribution in [0.25, 0.3) is 0 Å². The maximum atomic E-state index is 12.1. The second kappa shape index (κ2) is 8.39. The van der Waals surface area contributed by atoms with Gasteiger partial charge in [-0.15, -0.1) is 0 Å². The van der Waals surface area contributed by atoms with Gasteiger partial charge in [0.1, 0.15) is 18.1 Å². The molecule has 2 rings (SSSR count). The summed E-state index contributed by atoms with van der Waals surface area (Å²) in [5.41, 5.74) is 2.91. The third-order valence-electron chi connectivity index (χ3n) is 3.46. The van der Waals surface area contributed by atoms with Gasteiger partial charge in [-0.05, 0) is 63.6 Å². The molecule has 2 aromatic carbocycles.